The Balaban J connectivity index is 1.95. The van der Waals surface area contributed by atoms with E-state index in [0.717, 1.165) is 0 Å². The molecule has 0 aliphatic rings. The Kier molecular flexibility index (Phi) is 3.67. The number of carbonyl (C=O) groups excluding carboxylic acids is 1. The smallest absolute Gasteiger partial charge is 0.343 e. The van der Waals surface area contributed by atoms with Crippen LogP contribution in [-0.4, -0.2) is 27.1 Å². The Hall–Kier alpha value is -3.00. The lowest BCUT2D eigenvalue weighted by Crippen LogP contribution is -2.13. The lowest BCUT2D eigenvalue weighted by molar-refractivity contribution is 0.0698. The number of hydrogen-bond donors (Lipinski definition) is 2. The van der Waals surface area contributed by atoms with Crippen LogP contribution in [0.3, 0.4) is 0 Å². The van der Waals surface area contributed by atoms with E-state index in [0.29, 0.717) is 10.6 Å². The molecule has 0 unspecified atom stereocenters. The van der Waals surface area contributed by atoms with Gasteiger partial charge in [0.05, 0.1) is 0 Å². The molecule has 22 heavy (non-hydrogen) atoms. The minimum atomic E-state index is -1.25. The number of nitrogens with one attached hydrogen (secondary N) is 1. The van der Waals surface area contributed by atoms with E-state index in [-0.39, 0.29) is 17.1 Å². The highest BCUT2D eigenvalue weighted by atomic mass is 32.1. The number of benzene rings is 1. The summed E-state index contributed by atoms with van der Waals surface area (Å²) in [5, 5.41) is 17.6. The van der Waals surface area contributed by atoms with Gasteiger partial charge in [0.25, 0.3) is 5.91 Å². The second kappa shape index (κ2) is 5.78. The van der Waals surface area contributed by atoms with E-state index in [4.69, 9.17) is 4.52 Å². The second-order valence-electron chi connectivity index (χ2n) is 4.20. The van der Waals surface area contributed by atoms with Gasteiger partial charge in [-0.05, 0) is 12.1 Å². The molecule has 2 N–H and O–H groups in total. The fourth-order valence-corrected chi connectivity index (χ4v) is 2.45. The largest absolute Gasteiger partial charge is 0.477 e. The highest BCUT2D eigenvalue weighted by Crippen LogP contribution is 2.30. The molecule has 0 aliphatic heterocycles. The van der Waals surface area contributed by atoms with Crippen LogP contribution in [0.1, 0.15) is 20.7 Å². The highest BCUT2D eigenvalue weighted by molar-refractivity contribution is 7.13. The molecule has 0 saturated heterocycles. The van der Waals surface area contributed by atoms with Crippen LogP contribution in [0, 0.1) is 0 Å². The van der Waals surface area contributed by atoms with E-state index < -0.39 is 11.9 Å². The number of aromatic nitrogens is 2. The Morgan fingerprint density at radius 3 is 2.64 bits per heavy atom. The van der Waals surface area contributed by atoms with Crippen LogP contribution in [-0.2, 0) is 0 Å². The molecular weight excluding hydrogens is 306 g/mol. The van der Waals surface area contributed by atoms with Gasteiger partial charge in [-0.1, -0.05) is 23.4 Å². The molecule has 3 rings (SSSR count). The van der Waals surface area contributed by atoms with Gasteiger partial charge >= 0.3 is 5.97 Å². The van der Waals surface area contributed by atoms with Crippen LogP contribution in [0.25, 0.3) is 10.7 Å². The van der Waals surface area contributed by atoms with Gasteiger partial charge in [0, 0.05) is 17.1 Å². The molecule has 0 saturated carbocycles. The van der Waals surface area contributed by atoms with Crippen molar-refractivity contribution in [2.24, 2.45) is 0 Å². The third-order valence-corrected chi connectivity index (χ3v) is 3.58. The van der Waals surface area contributed by atoms with Crippen LogP contribution in [0.4, 0.5) is 5.88 Å². The van der Waals surface area contributed by atoms with Gasteiger partial charge in [-0.3, -0.25) is 10.1 Å². The standard InChI is InChI=1S/C14H9N3O4S/c18-11(8-4-2-1-3-5-8)16-12-9(14(19)20)10(17-21-12)13-15-6-7-22-13/h1-7H,(H,16,18)(H,19,20). The number of aromatic carboxylic acids is 1. The molecule has 8 heteroatoms. The van der Waals surface area contributed by atoms with Crippen molar-refractivity contribution in [3.63, 3.8) is 0 Å². The first-order valence-electron chi connectivity index (χ1n) is 6.16. The number of amides is 1. The van der Waals surface area contributed by atoms with Crippen LogP contribution in [0.2, 0.25) is 0 Å². The predicted octanol–water partition coefficient (Wildman–Crippen LogP) is 2.75. The maximum atomic E-state index is 12.1. The molecule has 3 aromatic rings. The molecule has 0 radical (unpaired) electrons. The molecule has 7 nitrogen and oxygen atoms in total. The summed E-state index contributed by atoms with van der Waals surface area (Å²) in [6, 6.07) is 8.39. The Morgan fingerprint density at radius 2 is 2.00 bits per heavy atom. The molecule has 110 valence electrons. The third-order valence-electron chi connectivity index (χ3n) is 2.80. The molecule has 0 aliphatic carbocycles. The van der Waals surface area contributed by atoms with Gasteiger partial charge < -0.3 is 9.63 Å². The molecule has 0 bridgehead atoms. The predicted molar refractivity (Wildman–Crippen MR) is 79.0 cm³/mol. The van der Waals surface area contributed by atoms with E-state index in [9.17, 15) is 14.7 Å². The van der Waals surface area contributed by atoms with Crippen LogP contribution >= 0.6 is 11.3 Å². The maximum absolute atomic E-state index is 12.1. The number of carboxylic acids is 1. The fraction of sp³-hybridized carbons (Fsp3) is 0. The average Bonchev–Trinajstić information content (AvgIpc) is 3.16. The lowest BCUT2D eigenvalue weighted by Gasteiger charge is -2.02. The van der Waals surface area contributed by atoms with Gasteiger partial charge in [0.15, 0.2) is 11.3 Å². The van der Waals surface area contributed by atoms with Gasteiger partial charge in [0.2, 0.25) is 5.88 Å². The van der Waals surface area contributed by atoms with E-state index in [1.807, 2.05) is 0 Å². The Bertz CT molecular complexity index is 812. The molecule has 0 atom stereocenters. The first kappa shape index (κ1) is 14.0. The average molecular weight is 315 g/mol. The summed E-state index contributed by atoms with van der Waals surface area (Å²) >= 11 is 1.23. The van der Waals surface area contributed by atoms with Crippen molar-refractivity contribution in [3.05, 3.63) is 53.0 Å². The summed E-state index contributed by atoms with van der Waals surface area (Å²) in [4.78, 5) is 27.5. The third kappa shape index (κ3) is 2.59. The normalized spacial score (nSPS) is 10.4. The molecule has 0 spiro atoms. The summed E-state index contributed by atoms with van der Waals surface area (Å²) in [5.74, 6) is -1.95. The fourth-order valence-electron chi connectivity index (χ4n) is 1.83. The number of hydrogen-bond acceptors (Lipinski definition) is 6. The van der Waals surface area contributed by atoms with E-state index in [2.05, 4.69) is 15.5 Å². The van der Waals surface area contributed by atoms with Crippen molar-refractivity contribution >= 4 is 29.1 Å². The Morgan fingerprint density at radius 1 is 1.23 bits per heavy atom. The molecule has 1 amide bonds. The lowest BCUT2D eigenvalue weighted by atomic mass is 10.2. The quantitative estimate of drug-likeness (QED) is 0.767. The van der Waals surface area contributed by atoms with Crippen LogP contribution in [0.15, 0.2) is 46.4 Å². The summed E-state index contributed by atoms with van der Waals surface area (Å²) in [6.45, 7) is 0. The molecular formula is C14H9N3O4S. The van der Waals surface area contributed by atoms with Crippen molar-refractivity contribution in [2.75, 3.05) is 5.32 Å². The van der Waals surface area contributed by atoms with Crippen LogP contribution in [0.5, 0.6) is 0 Å². The summed E-state index contributed by atoms with van der Waals surface area (Å²) in [5.41, 5.74) is 0.246. The van der Waals surface area contributed by atoms with E-state index in [1.165, 1.54) is 17.5 Å². The SMILES string of the molecule is O=C(Nc1onc(-c2nccs2)c1C(=O)O)c1ccccc1. The molecule has 2 heterocycles. The monoisotopic (exact) mass is 315 g/mol. The first-order valence-corrected chi connectivity index (χ1v) is 7.04. The number of nitrogens with zero attached hydrogens (tertiary/aromatic N) is 2. The Labute approximate surface area is 128 Å². The minimum absolute atomic E-state index is 0.0888. The number of anilines is 1. The summed E-state index contributed by atoms with van der Waals surface area (Å²) in [7, 11) is 0. The van der Waals surface area contributed by atoms with Gasteiger partial charge in [-0.2, -0.15) is 0 Å². The maximum Gasteiger partial charge on any atom is 0.343 e. The van der Waals surface area contributed by atoms with Crippen LogP contribution < -0.4 is 5.32 Å². The van der Waals surface area contributed by atoms with Gasteiger partial charge in [-0.15, -0.1) is 11.3 Å². The zero-order valence-corrected chi connectivity index (χ0v) is 11.8. The highest BCUT2D eigenvalue weighted by Gasteiger charge is 2.26. The van der Waals surface area contributed by atoms with Crippen molar-refractivity contribution in [1.82, 2.24) is 10.1 Å². The van der Waals surface area contributed by atoms with Crippen molar-refractivity contribution < 1.29 is 19.2 Å². The topological polar surface area (TPSA) is 105 Å². The summed E-state index contributed by atoms with van der Waals surface area (Å²) < 4.78 is 4.98. The van der Waals surface area contributed by atoms with E-state index in [1.54, 1.807) is 35.7 Å². The number of carboxylic acid groups (broad SMARTS) is 1. The van der Waals surface area contributed by atoms with Crippen molar-refractivity contribution in [1.29, 1.82) is 0 Å². The van der Waals surface area contributed by atoms with Crippen molar-refractivity contribution in [2.45, 2.75) is 0 Å². The zero-order chi connectivity index (χ0) is 15.5. The molecule has 0 fully saturated rings. The second-order valence-corrected chi connectivity index (χ2v) is 5.09. The number of rotatable bonds is 4. The molecule has 2 aromatic heterocycles. The van der Waals surface area contributed by atoms with Crippen molar-refractivity contribution in [3.8, 4) is 10.7 Å². The first-order chi connectivity index (χ1) is 10.7. The van der Waals surface area contributed by atoms with Gasteiger partial charge in [-0.25, -0.2) is 9.78 Å². The minimum Gasteiger partial charge on any atom is -0.477 e. The molecule has 1 aromatic carbocycles. The van der Waals surface area contributed by atoms with Gasteiger partial charge in [0.1, 0.15) is 5.01 Å². The number of thiazole rings is 1. The zero-order valence-electron chi connectivity index (χ0n) is 11.0. The number of carbonyl (C=O) groups is 2. The van der Waals surface area contributed by atoms with E-state index >= 15 is 0 Å². The summed E-state index contributed by atoms with van der Waals surface area (Å²) in [6.07, 6.45) is 1.53.